The second kappa shape index (κ2) is 5.52. The van der Waals surface area contributed by atoms with Crippen LogP contribution in [0, 0.1) is 0 Å². The van der Waals surface area contributed by atoms with Crippen LogP contribution in [0.5, 0.6) is 0 Å². The Bertz CT molecular complexity index is 432. The first-order chi connectivity index (χ1) is 7.88. The van der Waals surface area contributed by atoms with Gasteiger partial charge in [0.15, 0.2) is 0 Å². The largest absolute Gasteiger partial charge is 0.444 e. The standard InChI is InChI=1S/C12H18N2O3/c1-12(2,3)17-11(16)14-8-6-9-5-4-7-13-10(9)15/h4-5,7H,6,8H2,1-3H3,(H,13,15)(H,14,16). The van der Waals surface area contributed by atoms with Gasteiger partial charge in [-0.25, -0.2) is 4.79 Å². The monoisotopic (exact) mass is 238 g/mol. The number of hydrogen-bond acceptors (Lipinski definition) is 3. The van der Waals surface area contributed by atoms with Gasteiger partial charge in [-0.2, -0.15) is 0 Å². The highest BCUT2D eigenvalue weighted by molar-refractivity contribution is 5.67. The van der Waals surface area contributed by atoms with Crippen molar-refractivity contribution in [1.82, 2.24) is 10.3 Å². The number of ether oxygens (including phenoxy) is 1. The predicted molar refractivity (Wildman–Crippen MR) is 65.0 cm³/mol. The van der Waals surface area contributed by atoms with E-state index in [2.05, 4.69) is 10.3 Å². The summed E-state index contributed by atoms with van der Waals surface area (Å²) in [6, 6.07) is 3.49. The van der Waals surface area contributed by atoms with Crippen molar-refractivity contribution in [2.24, 2.45) is 0 Å². The van der Waals surface area contributed by atoms with Crippen molar-refractivity contribution < 1.29 is 9.53 Å². The molecule has 1 aromatic rings. The Morgan fingerprint density at radius 3 is 2.76 bits per heavy atom. The lowest BCUT2D eigenvalue weighted by Gasteiger charge is -2.19. The van der Waals surface area contributed by atoms with Gasteiger partial charge in [-0.1, -0.05) is 6.07 Å². The van der Waals surface area contributed by atoms with E-state index >= 15 is 0 Å². The predicted octanol–water partition coefficient (Wildman–Crippen LogP) is 1.44. The van der Waals surface area contributed by atoms with Crippen LogP contribution >= 0.6 is 0 Å². The maximum Gasteiger partial charge on any atom is 0.407 e. The zero-order valence-electron chi connectivity index (χ0n) is 10.4. The van der Waals surface area contributed by atoms with Gasteiger partial charge in [0.05, 0.1) is 0 Å². The molecule has 0 fully saturated rings. The van der Waals surface area contributed by atoms with E-state index in [1.54, 1.807) is 39.1 Å². The van der Waals surface area contributed by atoms with E-state index < -0.39 is 11.7 Å². The van der Waals surface area contributed by atoms with Crippen LogP contribution in [0.1, 0.15) is 26.3 Å². The third-order valence-corrected chi connectivity index (χ3v) is 1.96. The number of carbonyl (C=O) groups excluding carboxylic acids is 1. The van der Waals surface area contributed by atoms with Gasteiger partial charge in [0.2, 0.25) is 0 Å². The first-order valence-corrected chi connectivity index (χ1v) is 5.52. The summed E-state index contributed by atoms with van der Waals surface area (Å²) in [5.41, 5.74) is 0.0101. The van der Waals surface area contributed by atoms with Crippen molar-refractivity contribution in [3.05, 3.63) is 34.2 Å². The number of nitrogens with one attached hydrogen (secondary N) is 2. The van der Waals surface area contributed by atoms with Gasteiger partial charge in [0, 0.05) is 18.3 Å². The zero-order chi connectivity index (χ0) is 12.9. The highest BCUT2D eigenvalue weighted by Crippen LogP contribution is 2.06. The van der Waals surface area contributed by atoms with Gasteiger partial charge in [-0.3, -0.25) is 4.79 Å². The van der Waals surface area contributed by atoms with E-state index in [4.69, 9.17) is 4.74 Å². The van der Waals surface area contributed by atoms with Crippen LogP contribution in [0.15, 0.2) is 23.1 Å². The fourth-order valence-corrected chi connectivity index (χ4v) is 1.27. The molecule has 0 aromatic carbocycles. The summed E-state index contributed by atoms with van der Waals surface area (Å²) >= 11 is 0. The highest BCUT2D eigenvalue weighted by Gasteiger charge is 2.15. The van der Waals surface area contributed by atoms with Crippen molar-refractivity contribution in [2.45, 2.75) is 32.8 Å². The molecule has 0 saturated carbocycles. The Labute approximate surface area is 100 Å². The molecule has 94 valence electrons. The fraction of sp³-hybridized carbons (Fsp3) is 0.500. The molecule has 1 aromatic heterocycles. The van der Waals surface area contributed by atoms with Crippen LogP contribution in [-0.4, -0.2) is 23.2 Å². The average Bonchev–Trinajstić information content (AvgIpc) is 2.18. The summed E-state index contributed by atoms with van der Waals surface area (Å²) in [7, 11) is 0. The number of amides is 1. The van der Waals surface area contributed by atoms with Crippen LogP contribution in [0.2, 0.25) is 0 Å². The van der Waals surface area contributed by atoms with E-state index in [0.717, 1.165) is 0 Å². The number of carbonyl (C=O) groups is 1. The first kappa shape index (κ1) is 13.3. The molecular weight excluding hydrogens is 220 g/mol. The molecule has 0 saturated heterocycles. The molecular formula is C12H18N2O3. The lowest BCUT2D eigenvalue weighted by atomic mass is 10.2. The summed E-state index contributed by atoms with van der Waals surface area (Å²) in [5, 5.41) is 2.60. The van der Waals surface area contributed by atoms with Crippen molar-refractivity contribution >= 4 is 6.09 Å². The second-order valence-electron chi connectivity index (χ2n) is 4.70. The molecule has 0 bridgehead atoms. The summed E-state index contributed by atoms with van der Waals surface area (Å²) in [6.45, 7) is 5.78. The lowest BCUT2D eigenvalue weighted by molar-refractivity contribution is 0.0528. The quantitative estimate of drug-likeness (QED) is 0.837. The number of rotatable bonds is 3. The van der Waals surface area contributed by atoms with E-state index in [1.807, 2.05) is 0 Å². The zero-order valence-corrected chi connectivity index (χ0v) is 10.4. The number of alkyl carbamates (subject to hydrolysis) is 1. The highest BCUT2D eigenvalue weighted by atomic mass is 16.6. The van der Waals surface area contributed by atoms with E-state index in [1.165, 1.54) is 0 Å². The second-order valence-corrected chi connectivity index (χ2v) is 4.70. The third-order valence-electron chi connectivity index (χ3n) is 1.96. The maximum absolute atomic E-state index is 11.3. The lowest BCUT2D eigenvalue weighted by Crippen LogP contribution is -2.34. The molecule has 2 N–H and O–H groups in total. The number of aromatic nitrogens is 1. The number of hydrogen-bond donors (Lipinski definition) is 2. The molecule has 0 aliphatic heterocycles. The van der Waals surface area contributed by atoms with E-state index in [-0.39, 0.29) is 5.56 Å². The molecule has 17 heavy (non-hydrogen) atoms. The van der Waals surface area contributed by atoms with Crippen molar-refractivity contribution in [3.8, 4) is 0 Å². The van der Waals surface area contributed by atoms with Crippen LogP contribution in [0.3, 0.4) is 0 Å². The van der Waals surface area contributed by atoms with Gasteiger partial charge in [0.1, 0.15) is 5.60 Å². The molecule has 5 heteroatoms. The van der Waals surface area contributed by atoms with Crippen LogP contribution < -0.4 is 10.9 Å². The van der Waals surface area contributed by atoms with Crippen LogP contribution in [0.25, 0.3) is 0 Å². The Morgan fingerprint density at radius 1 is 1.47 bits per heavy atom. The molecule has 0 aliphatic rings. The topological polar surface area (TPSA) is 71.2 Å². The van der Waals surface area contributed by atoms with Crippen molar-refractivity contribution in [3.63, 3.8) is 0 Å². The normalized spacial score (nSPS) is 11.0. The summed E-state index contributed by atoms with van der Waals surface area (Å²) in [5.74, 6) is 0. The minimum absolute atomic E-state index is 0.126. The molecule has 0 aliphatic carbocycles. The molecule has 5 nitrogen and oxygen atoms in total. The van der Waals surface area contributed by atoms with E-state index in [9.17, 15) is 9.59 Å². The summed E-state index contributed by atoms with van der Waals surface area (Å²) in [4.78, 5) is 25.2. The maximum atomic E-state index is 11.3. The first-order valence-electron chi connectivity index (χ1n) is 5.52. The molecule has 0 atom stereocenters. The number of H-pyrrole nitrogens is 1. The Kier molecular flexibility index (Phi) is 4.31. The van der Waals surface area contributed by atoms with Crippen molar-refractivity contribution in [2.75, 3.05) is 6.54 Å². The molecule has 0 unspecified atom stereocenters. The van der Waals surface area contributed by atoms with Gasteiger partial charge >= 0.3 is 6.09 Å². The fourth-order valence-electron chi connectivity index (χ4n) is 1.27. The molecule has 1 heterocycles. The van der Waals surface area contributed by atoms with E-state index in [0.29, 0.717) is 18.5 Å². The molecule has 0 spiro atoms. The van der Waals surface area contributed by atoms with Gasteiger partial charge in [0.25, 0.3) is 5.56 Å². The van der Waals surface area contributed by atoms with Crippen LogP contribution in [-0.2, 0) is 11.2 Å². The Hall–Kier alpha value is -1.78. The Morgan fingerprint density at radius 2 is 2.18 bits per heavy atom. The average molecular weight is 238 g/mol. The number of aromatic amines is 1. The smallest absolute Gasteiger partial charge is 0.407 e. The summed E-state index contributed by atoms with van der Waals surface area (Å²) in [6.07, 6.45) is 1.59. The van der Waals surface area contributed by atoms with Gasteiger partial charge < -0.3 is 15.0 Å². The summed E-state index contributed by atoms with van der Waals surface area (Å²) < 4.78 is 5.07. The minimum atomic E-state index is -0.506. The van der Waals surface area contributed by atoms with Gasteiger partial charge in [-0.15, -0.1) is 0 Å². The molecule has 1 rings (SSSR count). The Balaban J connectivity index is 2.36. The van der Waals surface area contributed by atoms with Gasteiger partial charge in [-0.05, 0) is 33.3 Å². The molecule has 1 amide bonds. The number of pyridine rings is 1. The third kappa shape index (κ3) is 5.19. The minimum Gasteiger partial charge on any atom is -0.444 e. The SMILES string of the molecule is CC(C)(C)OC(=O)NCCc1ccc[nH]c1=O. The van der Waals surface area contributed by atoms with Crippen LogP contribution in [0.4, 0.5) is 4.79 Å². The van der Waals surface area contributed by atoms with Crippen molar-refractivity contribution in [1.29, 1.82) is 0 Å². The molecule has 0 radical (unpaired) electrons.